The summed E-state index contributed by atoms with van der Waals surface area (Å²) in [5.41, 5.74) is 0. The second-order valence-corrected chi connectivity index (χ2v) is 5.24. The SMILES string of the molecule is CCN(CC(=O)O)C(=O)NCCCCCCC(C)C. The van der Waals surface area contributed by atoms with E-state index < -0.39 is 5.97 Å². The maximum absolute atomic E-state index is 11.6. The molecule has 0 aromatic carbocycles. The summed E-state index contributed by atoms with van der Waals surface area (Å²) in [4.78, 5) is 23.5. The van der Waals surface area contributed by atoms with Gasteiger partial charge >= 0.3 is 12.0 Å². The highest BCUT2D eigenvalue weighted by atomic mass is 16.4. The minimum atomic E-state index is -0.981. The molecule has 0 aromatic rings. The summed E-state index contributed by atoms with van der Waals surface area (Å²) in [5, 5.41) is 11.4. The van der Waals surface area contributed by atoms with E-state index in [0.29, 0.717) is 13.1 Å². The van der Waals surface area contributed by atoms with Crippen LogP contribution in [0.3, 0.4) is 0 Å². The number of unbranched alkanes of at least 4 members (excludes halogenated alkanes) is 3. The number of carboxylic acids is 1. The summed E-state index contributed by atoms with van der Waals surface area (Å²) >= 11 is 0. The average Bonchev–Trinajstić information content (AvgIpc) is 2.33. The Morgan fingerprint density at radius 2 is 1.79 bits per heavy atom. The number of hydrogen-bond donors (Lipinski definition) is 2. The van der Waals surface area contributed by atoms with Crippen molar-refractivity contribution in [2.45, 2.75) is 52.9 Å². The zero-order chi connectivity index (χ0) is 14.7. The lowest BCUT2D eigenvalue weighted by atomic mass is 10.0. The third-order valence-electron chi connectivity index (χ3n) is 2.98. The molecule has 2 amide bonds. The molecule has 2 N–H and O–H groups in total. The number of nitrogens with zero attached hydrogens (tertiary/aromatic N) is 1. The molecule has 0 saturated heterocycles. The fraction of sp³-hybridized carbons (Fsp3) is 0.857. The van der Waals surface area contributed by atoms with Gasteiger partial charge in [0.2, 0.25) is 0 Å². The fourth-order valence-corrected chi connectivity index (χ4v) is 1.83. The van der Waals surface area contributed by atoms with E-state index >= 15 is 0 Å². The third-order valence-corrected chi connectivity index (χ3v) is 2.98. The maximum atomic E-state index is 11.6. The predicted molar refractivity (Wildman–Crippen MR) is 76.2 cm³/mol. The smallest absolute Gasteiger partial charge is 0.323 e. The van der Waals surface area contributed by atoms with Crippen LogP contribution in [0, 0.1) is 5.92 Å². The second-order valence-electron chi connectivity index (χ2n) is 5.24. The van der Waals surface area contributed by atoms with Crippen LogP contribution in [0.25, 0.3) is 0 Å². The van der Waals surface area contributed by atoms with Crippen molar-refractivity contribution in [2.75, 3.05) is 19.6 Å². The number of likely N-dealkylation sites (N-methyl/N-ethyl adjacent to an activating group) is 1. The number of carbonyl (C=O) groups is 2. The monoisotopic (exact) mass is 272 g/mol. The van der Waals surface area contributed by atoms with Gasteiger partial charge in [-0.15, -0.1) is 0 Å². The van der Waals surface area contributed by atoms with Gasteiger partial charge in [0.15, 0.2) is 0 Å². The van der Waals surface area contributed by atoms with Crippen LogP contribution in [-0.2, 0) is 4.79 Å². The van der Waals surface area contributed by atoms with Crippen LogP contribution in [0.5, 0.6) is 0 Å². The quantitative estimate of drug-likeness (QED) is 0.601. The van der Waals surface area contributed by atoms with Crippen molar-refractivity contribution in [3.05, 3.63) is 0 Å². The third kappa shape index (κ3) is 10.4. The lowest BCUT2D eigenvalue weighted by Gasteiger charge is -2.19. The van der Waals surface area contributed by atoms with E-state index in [-0.39, 0.29) is 12.6 Å². The summed E-state index contributed by atoms with van der Waals surface area (Å²) in [5.74, 6) is -0.223. The van der Waals surface area contributed by atoms with E-state index in [1.54, 1.807) is 6.92 Å². The highest BCUT2D eigenvalue weighted by molar-refractivity contribution is 5.79. The number of carboxylic acid groups (broad SMARTS) is 1. The molecule has 112 valence electrons. The minimum Gasteiger partial charge on any atom is -0.480 e. The average molecular weight is 272 g/mol. The topological polar surface area (TPSA) is 69.6 Å². The van der Waals surface area contributed by atoms with E-state index in [4.69, 9.17) is 5.11 Å². The molecular weight excluding hydrogens is 244 g/mol. The highest BCUT2D eigenvalue weighted by Gasteiger charge is 2.13. The molecule has 0 rings (SSSR count). The van der Waals surface area contributed by atoms with Gasteiger partial charge in [0, 0.05) is 13.1 Å². The summed E-state index contributed by atoms with van der Waals surface area (Å²) < 4.78 is 0. The van der Waals surface area contributed by atoms with Crippen LogP contribution >= 0.6 is 0 Å². The molecule has 0 aliphatic rings. The zero-order valence-electron chi connectivity index (χ0n) is 12.4. The Kier molecular flexibility index (Phi) is 9.94. The van der Waals surface area contributed by atoms with Gasteiger partial charge in [-0.05, 0) is 19.3 Å². The van der Waals surface area contributed by atoms with Crippen LogP contribution in [0.2, 0.25) is 0 Å². The Bertz CT molecular complexity index is 267. The van der Waals surface area contributed by atoms with Gasteiger partial charge < -0.3 is 15.3 Å². The van der Waals surface area contributed by atoms with E-state index in [2.05, 4.69) is 19.2 Å². The molecule has 0 aliphatic heterocycles. The van der Waals surface area contributed by atoms with Gasteiger partial charge in [0.05, 0.1) is 0 Å². The van der Waals surface area contributed by atoms with Gasteiger partial charge in [-0.3, -0.25) is 4.79 Å². The van der Waals surface area contributed by atoms with E-state index in [9.17, 15) is 9.59 Å². The first kappa shape index (κ1) is 17.7. The van der Waals surface area contributed by atoms with Gasteiger partial charge in [0.25, 0.3) is 0 Å². The van der Waals surface area contributed by atoms with Gasteiger partial charge in [-0.25, -0.2) is 4.79 Å². The number of rotatable bonds is 10. The second kappa shape index (κ2) is 10.6. The Morgan fingerprint density at radius 1 is 1.16 bits per heavy atom. The van der Waals surface area contributed by atoms with E-state index in [1.165, 1.54) is 24.2 Å². The standard InChI is InChI=1S/C14H28N2O3/c1-4-16(11-13(17)18)14(19)15-10-8-6-5-7-9-12(2)3/h12H,4-11H2,1-3H3,(H,15,19)(H,17,18). The minimum absolute atomic E-state index is 0.239. The van der Waals surface area contributed by atoms with Crippen molar-refractivity contribution in [3.8, 4) is 0 Å². The Balaban J connectivity index is 3.59. The number of nitrogens with one attached hydrogen (secondary N) is 1. The molecule has 0 aliphatic carbocycles. The largest absolute Gasteiger partial charge is 0.480 e. The molecule has 0 aromatic heterocycles. The fourth-order valence-electron chi connectivity index (χ4n) is 1.83. The van der Waals surface area contributed by atoms with Crippen molar-refractivity contribution in [3.63, 3.8) is 0 Å². The van der Waals surface area contributed by atoms with Crippen molar-refractivity contribution in [1.82, 2.24) is 10.2 Å². The molecule has 5 heteroatoms. The highest BCUT2D eigenvalue weighted by Crippen LogP contribution is 2.08. The first-order chi connectivity index (χ1) is 8.97. The molecule has 0 fully saturated rings. The zero-order valence-corrected chi connectivity index (χ0v) is 12.4. The summed E-state index contributed by atoms with van der Waals surface area (Å²) in [6.07, 6.45) is 5.76. The number of aliphatic carboxylic acids is 1. The van der Waals surface area contributed by atoms with Crippen molar-refractivity contribution in [2.24, 2.45) is 5.92 Å². The lowest BCUT2D eigenvalue weighted by Crippen LogP contribution is -2.42. The van der Waals surface area contributed by atoms with Crippen LogP contribution in [0.15, 0.2) is 0 Å². The molecule has 0 heterocycles. The number of carbonyl (C=O) groups excluding carboxylic acids is 1. The van der Waals surface area contributed by atoms with Crippen molar-refractivity contribution >= 4 is 12.0 Å². The Labute approximate surface area is 116 Å². The maximum Gasteiger partial charge on any atom is 0.323 e. The lowest BCUT2D eigenvalue weighted by molar-refractivity contribution is -0.137. The molecule has 19 heavy (non-hydrogen) atoms. The van der Waals surface area contributed by atoms with Gasteiger partial charge in [0.1, 0.15) is 6.54 Å². The molecule has 0 saturated carbocycles. The van der Waals surface area contributed by atoms with Gasteiger partial charge in [-0.1, -0.05) is 39.5 Å². The first-order valence-corrected chi connectivity index (χ1v) is 7.22. The van der Waals surface area contributed by atoms with E-state index in [1.807, 2.05) is 0 Å². The van der Waals surface area contributed by atoms with Crippen LogP contribution in [0.4, 0.5) is 4.79 Å². The first-order valence-electron chi connectivity index (χ1n) is 7.22. The number of amides is 2. The molecule has 5 nitrogen and oxygen atoms in total. The van der Waals surface area contributed by atoms with Gasteiger partial charge in [-0.2, -0.15) is 0 Å². The number of hydrogen-bond acceptors (Lipinski definition) is 2. The van der Waals surface area contributed by atoms with Crippen molar-refractivity contribution < 1.29 is 14.7 Å². The molecule has 0 spiro atoms. The number of urea groups is 1. The van der Waals surface area contributed by atoms with Crippen molar-refractivity contribution in [1.29, 1.82) is 0 Å². The Hall–Kier alpha value is -1.26. The van der Waals surface area contributed by atoms with Crippen LogP contribution in [-0.4, -0.2) is 41.6 Å². The van der Waals surface area contributed by atoms with Crippen LogP contribution in [0.1, 0.15) is 52.9 Å². The predicted octanol–water partition coefficient (Wildman–Crippen LogP) is 2.71. The molecular formula is C14H28N2O3. The summed E-state index contributed by atoms with van der Waals surface area (Å²) in [6.45, 7) is 7.01. The molecule has 0 radical (unpaired) electrons. The normalized spacial score (nSPS) is 10.5. The van der Waals surface area contributed by atoms with Crippen LogP contribution < -0.4 is 5.32 Å². The molecule has 0 unspecified atom stereocenters. The Morgan fingerprint density at radius 3 is 2.32 bits per heavy atom. The summed E-state index contributed by atoms with van der Waals surface area (Å²) in [6, 6.07) is -0.285. The molecule has 0 bridgehead atoms. The van der Waals surface area contributed by atoms with E-state index in [0.717, 1.165) is 18.8 Å². The molecule has 0 atom stereocenters. The summed E-state index contributed by atoms with van der Waals surface area (Å²) in [7, 11) is 0.